The Balaban J connectivity index is 1.34. The summed E-state index contributed by atoms with van der Waals surface area (Å²) in [6.07, 6.45) is 2.88. The monoisotopic (exact) mass is 646 g/mol. The van der Waals surface area contributed by atoms with Crippen molar-refractivity contribution in [2.24, 2.45) is 11.8 Å². The highest BCUT2D eigenvalue weighted by atomic mass is 35.5. The lowest BCUT2D eigenvalue weighted by atomic mass is 9.87. The number of aliphatic hydroxyl groups is 1. The molecule has 3 atom stereocenters. The molecular weight excluding hydrogens is 604 g/mol. The maximum absolute atomic E-state index is 13.6. The van der Waals surface area contributed by atoms with E-state index < -0.39 is 16.1 Å². The second-order valence-corrected chi connectivity index (χ2v) is 14.9. The number of aromatic nitrogens is 2. The first-order valence-corrected chi connectivity index (χ1v) is 17.5. The van der Waals surface area contributed by atoms with Gasteiger partial charge < -0.3 is 5.11 Å². The number of halogens is 1. The third kappa shape index (κ3) is 8.70. The summed E-state index contributed by atoms with van der Waals surface area (Å²) in [5.41, 5.74) is 5.63. The van der Waals surface area contributed by atoms with E-state index in [9.17, 15) is 13.5 Å². The topological polar surface area (TPSA) is 95.4 Å². The lowest BCUT2D eigenvalue weighted by Gasteiger charge is -2.32. The molecule has 1 saturated heterocycles. The molecule has 1 fully saturated rings. The Labute approximate surface area is 272 Å². The molecule has 45 heavy (non-hydrogen) atoms. The van der Waals surface area contributed by atoms with E-state index in [1.165, 1.54) is 5.56 Å². The maximum Gasteiger partial charge on any atom is 0.264 e. The van der Waals surface area contributed by atoms with E-state index in [1.54, 1.807) is 24.3 Å². The molecule has 5 rings (SSSR count). The van der Waals surface area contributed by atoms with Crippen molar-refractivity contribution in [3.63, 3.8) is 0 Å². The summed E-state index contributed by atoms with van der Waals surface area (Å²) in [7, 11) is -3.99. The number of nitrogens with one attached hydrogen (secondary N) is 1. The van der Waals surface area contributed by atoms with E-state index >= 15 is 0 Å². The van der Waals surface area contributed by atoms with Crippen LogP contribution in [-0.2, 0) is 23.0 Å². The van der Waals surface area contributed by atoms with E-state index in [-0.39, 0.29) is 21.9 Å². The highest BCUT2D eigenvalue weighted by Gasteiger charge is 2.31. The van der Waals surface area contributed by atoms with Crippen LogP contribution in [0.15, 0.2) is 83.8 Å². The minimum atomic E-state index is -3.99. The summed E-state index contributed by atoms with van der Waals surface area (Å²) in [5.74, 6) is 0.659. The Morgan fingerprint density at radius 3 is 2.33 bits per heavy atom. The van der Waals surface area contributed by atoms with Crippen LogP contribution in [-0.4, -0.2) is 47.1 Å². The van der Waals surface area contributed by atoms with E-state index in [0.717, 1.165) is 41.6 Å². The fourth-order valence-corrected chi connectivity index (χ4v) is 7.84. The van der Waals surface area contributed by atoms with Gasteiger partial charge in [-0.15, -0.1) is 0 Å². The van der Waals surface area contributed by atoms with Gasteiger partial charge in [-0.1, -0.05) is 86.1 Å². The van der Waals surface area contributed by atoms with Gasteiger partial charge in [0.25, 0.3) is 10.0 Å². The first-order chi connectivity index (χ1) is 21.5. The molecule has 1 unspecified atom stereocenters. The van der Waals surface area contributed by atoms with Crippen LogP contribution in [0.3, 0.4) is 0 Å². The minimum Gasteiger partial charge on any atom is -0.392 e. The molecule has 2 heterocycles. The van der Waals surface area contributed by atoms with Crippen LogP contribution in [0.2, 0.25) is 5.15 Å². The number of sulfonamides is 1. The Bertz CT molecular complexity index is 1690. The highest BCUT2D eigenvalue weighted by molar-refractivity contribution is 7.92. The van der Waals surface area contributed by atoms with Crippen molar-refractivity contribution in [1.29, 1.82) is 0 Å². The average molecular weight is 647 g/mol. The molecule has 7 nitrogen and oxygen atoms in total. The number of hydrogen-bond donors (Lipinski definition) is 2. The van der Waals surface area contributed by atoms with Crippen LogP contribution < -0.4 is 4.72 Å². The first-order valence-electron chi connectivity index (χ1n) is 15.7. The molecule has 238 valence electrons. The SMILES string of the molecule is Cc1cccc(C)c1-c1cc(Cl)nc(NS(=O)(=O)c2cccc(CC3C[C@H](O)CN(Cc4ccccc4)[C@@H](CC(C)C)C3)c2)n1. The molecule has 0 bridgehead atoms. The largest absolute Gasteiger partial charge is 0.392 e. The Morgan fingerprint density at radius 1 is 0.933 bits per heavy atom. The summed E-state index contributed by atoms with van der Waals surface area (Å²) in [4.78, 5) is 11.3. The number of aliphatic hydroxyl groups excluding tert-OH is 1. The molecule has 0 amide bonds. The molecular formula is C36H43ClN4O3S. The van der Waals surface area contributed by atoms with Crippen molar-refractivity contribution in [1.82, 2.24) is 14.9 Å². The van der Waals surface area contributed by atoms with Crippen LogP contribution in [0, 0.1) is 25.7 Å². The predicted molar refractivity (Wildman–Crippen MR) is 182 cm³/mol. The van der Waals surface area contributed by atoms with Crippen LogP contribution >= 0.6 is 11.6 Å². The number of nitrogens with zero attached hydrogens (tertiary/aromatic N) is 3. The third-order valence-electron chi connectivity index (χ3n) is 8.54. The first kappa shape index (κ1) is 33.1. The van der Waals surface area contributed by atoms with Gasteiger partial charge in [-0.2, -0.15) is 0 Å². The molecule has 2 N–H and O–H groups in total. The molecule has 4 aromatic rings. The summed E-state index contributed by atoms with van der Waals surface area (Å²) < 4.78 is 29.7. The number of rotatable bonds is 10. The zero-order valence-corrected chi connectivity index (χ0v) is 28.0. The lowest BCUT2D eigenvalue weighted by Crippen LogP contribution is -2.38. The fraction of sp³-hybridized carbons (Fsp3) is 0.389. The molecule has 0 aliphatic carbocycles. The Hall–Kier alpha value is -3.30. The zero-order chi connectivity index (χ0) is 32.1. The molecule has 3 aromatic carbocycles. The quantitative estimate of drug-likeness (QED) is 0.174. The van der Waals surface area contributed by atoms with Crippen molar-refractivity contribution >= 4 is 27.6 Å². The van der Waals surface area contributed by atoms with Gasteiger partial charge in [0.05, 0.1) is 16.7 Å². The average Bonchev–Trinajstić information content (AvgIpc) is 3.10. The van der Waals surface area contributed by atoms with Crippen molar-refractivity contribution in [3.8, 4) is 11.3 Å². The molecule has 9 heteroatoms. The summed E-state index contributed by atoms with van der Waals surface area (Å²) in [6, 6.07) is 25.3. The number of β-amino-alcohol motifs (C(OH)–C–C–N with tert-alkyl or cyclic N) is 1. The Kier molecular flexibility index (Phi) is 10.6. The summed E-state index contributed by atoms with van der Waals surface area (Å²) in [6.45, 7) is 9.88. The smallest absolute Gasteiger partial charge is 0.264 e. The maximum atomic E-state index is 13.6. The van der Waals surface area contributed by atoms with Crippen LogP contribution in [0.4, 0.5) is 5.95 Å². The minimum absolute atomic E-state index is 0.0764. The molecule has 0 radical (unpaired) electrons. The zero-order valence-electron chi connectivity index (χ0n) is 26.4. The number of anilines is 1. The number of likely N-dealkylation sites (tertiary alicyclic amines) is 1. The third-order valence-corrected chi connectivity index (χ3v) is 10.1. The standard InChI is InChI=1S/C36H43ClN4O3S/c1-24(2)16-30-18-29(19-31(42)23-41(30)22-27-12-6-5-7-13-27)17-28-14-9-15-32(20-28)45(43,44)40-36-38-33(21-34(37)39-36)35-25(3)10-8-11-26(35)4/h5-15,20-21,24,29-31,42H,16-19,22-23H2,1-4H3,(H,38,39,40)/t29?,30-,31-/m0/s1. The Morgan fingerprint density at radius 2 is 1.62 bits per heavy atom. The van der Waals surface area contributed by atoms with Gasteiger partial charge >= 0.3 is 0 Å². The lowest BCUT2D eigenvalue weighted by molar-refractivity contribution is 0.0883. The molecule has 1 aromatic heterocycles. The number of hydrogen-bond acceptors (Lipinski definition) is 6. The van der Waals surface area contributed by atoms with Crippen molar-refractivity contribution in [3.05, 3.63) is 106 Å². The molecule has 1 aliphatic heterocycles. The number of aryl methyl sites for hydroxylation is 2. The molecule has 0 spiro atoms. The van der Waals surface area contributed by atoms with Crippen molar-refractivity contribution in [2.75, 3.05) is 11.3 Å². The fourth-order valence-electron chi connectivity index (χ4n) is 6.64. The van der Waals surface area contributed by atoms with Gasteiger partial charge in [-0.05, 0) is 85.8 Å². The van der Waals surface area contributed by atoms with Crippen molar-refractivity contribution < 1.29 is 13.5 Å². The van der Waals surface area contributed by atoms with Crippen LogP contribution in [0.1, 0.15) is 55.4 Å². The van der Waals surface area contributed by atoms with Gasteiger partial charge in [0.2, 0.25) is 5.95 Å². The highest BCUT2D eigenvalue weighted by Crippen LogP contribution is 2.32. The second kappa shape index (κ2) is 14.4. The van der Waals surface area contributed by atoms with E-state index in [4.69, 9.17) is 11.6 Å². The van der Waals surface area contributed by atoms with Gasteiger partial charge in [-0.25, -0.2) is 23.1 Å². The molecule has 0 saturated carbocycles. The normalized spacial score (nSPS) is 19.4. The summed E-state index contributed by atoms with van der Waals surface area (Å²) >= 11 is 6.33. The second-order valence-electron chi connectivity index (χ2n) is 12.8. The summed E-state index contributed by atoms with van der Waals surface area (Å²) in [5, 5.41) is 11.2. The van der Waals surface area contributed by atoms with E-state index in [2.05, 4.69) is 57.7 Å². The van der Waals surface area contributed by atoms with Crippen molar-refractivity contribution in [2.45, 2.75) is 77.0 Å². The molecule has 1 aliphatic rings. The van der Waals surface area contributed by atoms with Crippen LogP contribution in [0.5, 0.6) is 0 Å². The van der Waals surface area contributed by atoms with Gasteiger partial charge in [0, 0.05) is 30.8 Å². The van der Waals surface area contributed by atoms with Crippen LogP contribution in [0.25, 0.3) is 11.3 Å². The van der Waals surface area contributed by atoms with Gasteiger partial charge in [-0.3, -0.25) is 4.90 Å². The predicted octanol–water partition coefficient (Wildman–Crippen LogP) is 7.44. The van der Waals surface area contributed by atoms with Gasteiger partial charge in [0.15, 0.2) is 0 Å². The van der Waals surface area contributed by atoms with E-state index in [0.29, 0.717) is 37.0 Å². The van der Waals surface area contributed by atoms with E-state index in [1.807, 2.05) is 44.2 Å². The number of benzene rings is 3. The van der Waals surface area contributed by atoms with Gasteiger partial charge in [0.1, 0.15) is 5.15 Å².